The number of para-hydroxylation sites is 1. The molecule has 0 aliphatic heterocycles. The number of fused-ring (bicyclic) bond motifs is 1. The Labute approximate surface area is 216 Å². The zero-order chi connectivity index (χ0) is 24.9. The van der Waals surface area contributed by atoms with Crippen LogP contribution in [-0.4, -0.2) is 33.5 Å². The van der Waals surface area contributed by atoms with Crippen molar-refractivity contribution in [2.45, 2.75) is 6.42 Å². The summed E-state index contributed by atoms with van der Waals surface area (Å²) < 4.78 is 0. The monoisotopic (exact) mass is 513 g/mol. The van der Waals surface area contributed by atoms with Crippen LogP contribution in [0.3, 0.4) is 0 Å². The Kier molecular flexibility index (Phi) is 6.97. The van der Waals surface area contributed by atoms with Crippen molar-refractivity contribution in [3.8, 4) is 11.3 Å². The van der Waals surface area contributed by atoms with E-state index in [1.165, 1.54) is 11.3 Å². The minimum absolute atomic E-state index is 0.252. The number of rotatable bonds is 7. The highest BCUT2D eigenvalue weighted by atomic mass is 35.5. The Morgan fingerprint density at radius 3 is 2.42 bits per heavy atom. The fourth-order valence-electron chi connectivity index (χ4n) is 3.71. The number of carbonyl (C=O) groups is 2. The number of hydrogen-bond acceptors (Lipinski definition) is 6. The molecule has 36 heavy (non-hydrogen) atoms. The van der Waals surface area contributed by atoms with Crippen molar-refractivity contribution in [3.05, 3.63) is 106 Å². The number of carbonyl (C=O) groups excluding carboxylic acids is 2. The van der Waals surface area contributed by atoms with Crippen molar-refractivity contribution in [1.82, 2.24) is 20.5 Å². The number of aromatic nitrogens is 3. The van der Waals surface area contributed by atoms with Gasteiger partial charge in [-0.15, -0.1) is 10.2 Å². The Bertz CT molecular complexity index is 1550. The number of pyridine rings is 1. The van der Waals surface area contributed by atoms with E-state index in [-0.39, 0.29) is 11.8 Å². The van der Waals surface area contributed by atoms with Crippen LogP contribution < -0.4 is 10.6 Å². The molecule has 2 amide bonds. The van der Waals surface area contributed by atoms with Gasteiger partial charge in [-0.3, -0.25) is 14.9 Å². The molecule has 0 aliphatic rings. The summed E-state index contributed by atoms with van der Waals surface area (Å²) >= 11 is 7.34. The van der Waals surface area contributed by atoms with E-state index in [9.17, 15) is 9.59 Å². The molecule has 2 N–H and O–H groups in total. The number of nitrogens with zero attached hydrogens (tertiary/aromatic N) is 3. The van der Waals surface area contributed by atoms with E-state index in [0.29, 0.717) is 44.9 Å². The van der Waals surface area contributed by atoms with Gasteiger partial charge in [0.25, 0.3) is 11.8 Å². The molecule has 0 fully saturated rings. The quantitative estimate of drug-likeness (QED) is 0.294. The summed E-state index contributed by atoms with van der Waals surface area (Å²) in [5, 5.41) is 16.1. The zero-order valence-electron chi connectivity index (χ0n) is 18.9. The Hall–Kier alpha value is -4.14. The average molecular weight is 514 g/mol. The Morgan fingerprint density at radius 2 is 1.58 bits per heavy atom. The van der Waals surface area contributed by atoms with Gasteiger partial charge in [-0.25, -0.2) is 4.98 Å². The maximum Gasteiger partial charge on any atom is 0.258 e. The summed E-state index contributed by atoms with van der Waals surface area (Å²) in [6, 6.07) is 25.9. The lowest BCUT2D eigenvalue weighted by Gasteiger charge is -2.09. The second kappa shape index (κ2) is 10.6. The molecule has 0 bridgehead atoms. The lowest BCUT2D eigenvalue weighted by molar-refractivity contribution is 0.0953. The van der Waals surface area contributed by atoms with Gasteiger partial charge in [0, 0.05) is 23.9 Å². The molecule has 7 nitrogen and oxygen atoms in total. The zero-order valence-corrected chi connectivity index (χ0v) is 20.5. The lowest BCUT2D eigenvalue weighted by Crippen LogP contribution is -2.25. The molecule has 0 spiro atoms. The number of nitrogens with one attached hydrogen (secondary N) is 2. The maximum atomic E-state index is 13.2. The fraction of sp³-hybridized carbons (Fsp3) is 0.0741. The smallest absolute Gasteiger partial charge is 0.258 e. The number of amides is 2. The topological polar surface area (TPSA) is 96.9 Å². The van der Waals surface area contributed by atoms with Crippen LogP contribution >= 0.6 is 22.9 Å². The van der Waals surface area contributed by atoms with Crippen LogP contribution in [-0.2, 0) is 6.42 Å². The summed E-state index contributed by atoms with van der Waals surface area (Å²) in [5.41, 5.74) is 3.30. The third kappa shape index (κ3) is 5.25. The van der Waals surface area contributed by atoms with E-state index in [1.54, 1.807) is 30.3 Å². The van der Waals surface area contributed by atoms with E-state index >= 15 is 0 Å². The molecular weight excluding hydrogens is 494 g/mol. The molecule has 3 aromatic carbocycles. The standard InChI is InChI=1S/C27H20ClN5O2S/c28-21-12-6-4-11-19(21)25(34)29-15-14-24-32-33-27(36-24)31-26(35)20-16-23(17-8-2-1-3-9-17)30-22-13-7-5-10-18(20)22/h1-13,16H,14-15H2,(H,29,34)(H,31,33,35). The highest BCUT2D eigenvalue weighted by Gasteiger charge is 2.16. The molecule has 0 radical (unpaired) electrons. The molecule has 0 aliphatic carbocycles. The van der Waals surface area contributed by atoms with Crippen molar-refractivity contribution in [3.63, 3.8) is 0 Å². The molecule has 2 aromatic heterocycles. The number of benzene rings is 3. The average Bonchev–Trinajstić information content (AvgIpc) is 3.35. The second-order valence-corrected chi connectivity index (χ2v) is 9.35. The van der Waals surface area contributed by atoms with E-state index in [2.05, 4.69) is 20.8 Å². The van der Waals surface area contributed by atoms with Gasteiger partial charge >= 0.3 is 0 Å². The van der Waals surface area contributed by atoms with Crippen LogP contribution in [0.2, 0.25) is 5.02 Å². The van der Waals surface area contributed by atoms with Crippen molar-refractivity contribution in [2.24, 2.45) is 0 Å². The summed E-state index contributed by atoms with van der Waals surface area (Å²) in [6.07, 6.45) is 0.472. The van der Waals surface area contributed by atoms with Gasteiger partial charge in [0.1, 0.15) is 5.01 Å². The third-order valence-corrected chi connectivity index (χ3v) is 6.69. The molecule has 0 saturated carbocycles. The van der Waals surface area contributed by atoms with Crippen LogP contribution in [0.15, 0.2) is 84.9 Å². The summed E-state index contributed by atoms with van der Waals surface area (Å²) in [7, 11) is 0. The van der Waals surface area contributed by atoms with Gasteiger partial charge in [0.05, 0.1) is 27.4 Å². The molecule has 0 saturated heterocycles. The van der Waals surface area contributed by atoms with Gasteiger partial charge in [-0.2, -0.15) is 0 Å². The van der Waals surface area contributed by atoms with Gasteiger partial charge in [0.2, 0.25) is 5.13 Å². The minimum Gasteiger partial charge on any atom is -0.352 e. The number of anilines is 1. The van der Waals surface area contributed by atoms with Gasteiger partial charge in [-0.1, -0.05) is 83.6 Å². The predicted molar refractivity (Wildman–Crippen MR) is 143 cm³/mol. The van der Waals surface area contributed by atoms with Crippen LogP contribution in [0.5, 0.6) is 0 Å². The van der Waals surface area contributed by atoms with E-state index < -0.39 is 0 Å². The van der Waals surface area contributed by atoms with Gasteiger partial charge in [-0.05, 0) is 24.3 Å². The van der Waals surface area contributed by atoms with Crippen LogP contribution in [0, 0.1) is 0 Å². The Morgan fingerprint density at radius 1 is 0.833 bits per heavy atom. The first kappa shape index (κ1) is 23.6. The normalized spacial score (nSPS) is 10.8. The fourth-order valence-corrected chi connectivity index (χ4v) is 4.67. The van der Waals surface area contributed by atoms with Crippen molar-refractivity contribution < 1.29 is 9.59 Å². The second-order valence-electron chi connectivity index (χ2n) is 7.88. The van der Waals surface area contributed by atoms with Crippen LogP contribution in [0.25, 0.3) is 22.2 Å². The summed E-state index contributed by atoms with van der Waals surface area (Å²) in [4.78, 5) is 30.3. The molecular formula is C27H20ClN5O2S. The highest BCUT2D eigenvalue weighted by Crippen LogP contribution is 2.26. The van der Waals surface area contributed by atoms with Crippen molar-refractivity contribution >= 4 is 50.8 Å². The predicted octanol–water partition coefficient (Wildman–Crippen LogP) is 5.63. The van der Waals surface area contributed by atoms with Crippen LogP contribution in [0.4, 0.5) is 5.13 Å². The summed E-state index contributed by atoms with van der Waals surface area (Å²) in [5.74, 6) is -0.544. The lowest BCUT2D eigenvalue weighted by atomic mass is 10.0. The van der Waals surface area contributed by atoms with Crippen molar-refractivity contribution in [1.29, 1.82) is 0 Å². The molecule has 9 heteroatoms. The number of halogens is 1. The SMILES string of the molecule is O=C(NCCc1nnc(NC(=O)c2cc(-c3ccccc3)nc3ccccc23)s1)c1ccccc1Cl. The first-order valence-electron chi connectivity index (χ1n) is 11.2. The first-order valence-corrected chi connectivity index (χ1v) is 12.4. The molecule has 178 valence electrons. The maximum absolute atomic E-state index is 13.2. The number of hydrogen-bond donors (Lipinski definition) is 2. The highest BCUT2D eigenvalue weighted by molar-refractivity contribution is 7.15. The molecule has 2 heterocycles. The summed E-state index contributed by atoms with van der Waals surface area (Å²) in [6.45, 7) is 0.363. The minimum atomic E-state index is -0.291. The van der Waals surface area contributed by atoms with Crippen LogP contribution in [0.1, 0.15) is 25.7 Å². The first-order chi connectivity index (χ1) is 17.6. The molecule has 0 unspecified atom stereocenters. The molecule has 5 aromatic rings. The van der Waals surface area contributed by atoms with Gasteiger partial charge < -0.3 is 5.32 Å². The van der Waals surface area contributed by atoms with Crippen molar-refractivity contribution in [2.75, 3.05) is 11.9 Å². The van der Waals surface area contributed by atoms with E-state index in [4.69, 9.17) is 16.6 Å². The molecule has 0 atom stereocenters. The van der Waals surface area contributed by atoms with Gasteiger partial charge in [0.15, 0.2) is 0 Å². The Balaban J connectivity index is 1.28. The molecule has 5 rings (SSSR count). The van der Waals surface area contributed by atoms with E-state index in [1.807, 2.05) is 54.6 Å². The van der Waals surface area contributed by atoms with E-state index in [0.717, 1.165) is 16.5 Å². The third-order valence-electron chi connectivity index (χ3n) is 5.46. The largest absolute Gasteiger partial charge is 0.352 e.